The molecule has 0 fully saturated rings. The van der Waals surface area contributed by atoms with Crippen LogP contribution in [0.4, 0.5) is 8.78 Å². The van der Waals surface area contributed by atoms with Gasteiger partial charge in [-0.3, -0.25) is 9.78 Å². The van der Waals surface area contributed by atoms with E-state index in [1.807, 2.05) is 0 Å². The normalized spacial score (nSPS) is 10.3. The minimum atomic E-state index is -0.877. The number of aryl methyl sites for hydroxylation is 1. The Hall–Kier alpha value is -2.10. The fraction of sp³-hybridized carbons (Fsp3) is 0.0769. The van der Waals surface area contributed by atoms with Crippen LogP contribution in [0.25, 0.3) is 0 Å². The number of hydrogen-bond acceptors (Lipinski definition) is 2. The van der Waals surface area contributed by atoms with E-state index in [0.29, 0.717) is 0 Å². The van der Waals surface area contributed by atoms with Crippen molar-refractivity contribution in [3.05, 3.63) is 65.0 Å². The summed E-state index contributed by atoms with van der Waals surface area (Å²) in [7, 11) is 0. The van der Waals surface area contributed by atoms with Crippen LogP contribution in [0.2, 0.25) is 0 Å². The van der Waals surface area contributed by atoms with Crippen LogP contribution >= 0.6 is 0 Å². The Kier molecular flexibility index (Phi) is 2.95. The molecule has 2 rings (SSSR count). The van der Waals surface area contributed by atoms with E-state index in [-0.39, 0.29) is 5.69 Å². The van der Waals surface area contributed by atoms with Crippen LogP contribution in [0.5, 0.6) is 0 Å². The Balaban J connectivity index is 2.51. The van der Waals surface area contributed by atoms with E-state index in [2.05, 4.69) is 4.98 Å². The SMILES string of the molecule is Cc1ccnc(C(=O)c2c(F)cccc2F)c1. The highest BCUT2D eigenvalue weighted by atomic mass is 19.1. The van der Waals surface area contributed by atoms with Crippen molar-refractivity contribution in [3.63, 3.8) is 0 Å². The number of aromatic nitrogens is 1. The number of carbonyl (C=O) groups excluding carboxylic acids is 1. The largest absolute Gasteiger partial charge is 0.287 e. The molecule has 0 amide bonds. The summed E-state index contributed by atoms with van der Waals surface area (Å²) in [6.07, 6.45) is 1.43. The van der Waals surface area contributed by atoms with Crippen molar-refractivity contribution in [2.24, 2.45) is 0 Å². The summed E-state index contributed by atoms with van der Waals surface area (Å²) >= 11 is 0. The molecule has 0 unspecified atom stereocenters. The number of nitrogens with zero attached hydrogens (tertiary/aromatic N) is 1. The van der Waals surface area contributed by atoms with Crippen molar-refractivity contribution in [1.29, 1.82) is 0 Å². The van der Waals surface area contributed by atoms with Crippen LogP contribution in [0, 0.1) is 18.6 Å². The van der Waals surface area contributed by atoms with Crippen LogP contribution in [0.1, 0.15) is 21.6 Å². The minimum Gasteiger partial charge on any atom is -0.287 e. The zero-order valence-corrected chi connectivity index (χ0v) is 9.08. The first-order valence-electron chi connectivity index (χ1n) is 5.01. The number of hydrogen-bond donors (Lipinski definition) is 0. The molecule has 0 N–H and O–H groups in total. The zero-order chi connectivity index (χ0) is 12.4. The van der Waals surface area contributed by atoms with Crippen LogP contribution in [-0.2, 0) is 0 Å². The third-order valence-corrected chi connectivity index (χ3v) is 2.34. The molecule has 4 heteroatoms. The van der Waals surface area contributed by atoms with Gasteiger partial charge in [0.2, 0.25) is 5.78 Å². The van der Waals surface area contributed by atoms with Gasteiger partial charge >= 0.3 is 0 Å². The first kappa shape index (κ1) is 11.4. The number of pyridine rings is 1. The van der Waals surface area contributed by atoms with Gasteiger partial charge in [0.25, 0.3) is 0 Å². The minimum absolute atomic E-state index is 0.0361. The molecule has 17 heavy (non-hydrogen) atoms. The van der Waals surface area contributed by atoms with Gasteiger partial charge in [-0.1, -0.05) is 6.07 Å². The Morgan fingerprint density at radius 2 is 1.82 bits per heavy atom. The Morgan fingerprint density at radius 3 is 2.41 bits per heavy atom. The van der Waals surface area contributed by atoms with Crippen molar-refractivity contribution in [3.8, 4) is 0 Å². The molecule has 86 valence electrons. The molecule has 2 aromatic rings. The molecule has 0 aliphatic heterocycles. The summed E-state index contributed by atoms with van der Waals surface area (Å²) in [4.78, 5) is 15.7. The van der Waals surface area contributed by atoms with Crippen molar-refractivity contribution in [2.45, 2.75) is 6.92 Å². The van der Waals surface area contributed by atoms with E-state index in [4.69, 9.17) is 0 Å². The van der Waals surface area contributed by atoms with Gasteiger partial charge in [0.1, 0.15) is 17.3 Å². The van der Waals surface area contributed by atoms with Crippen LogP contribution in [0.15, 0.2) is 36.5 Å². The smallest absolute Gasteiger partial charge is 0.217 e. The van der Waals surface area contributed by atoms with Crippen LogP contribution in [0.3, 0.4) is 0 Å². The van der Waals surface area contributed by atoms with Gasteiger partial charge in [-0.15, -0.1) is 0 Å². The Morgan fingerprint density at radius 1 is 1.18 bits per heavy atom. The molecular formula is C13H9F2NO. The molecule has 1 aromatic carbocycles. The molecule has 1 aromatic heterocycles. The molecule has 0 radical (unpaired) electrons. The molecule has 0 saturated carbocycles. The van der Waals surface area contributed by atoms with Crippen molar-refractivity contribution >= 4 is 5.78 Å². The van der Waals surface area contributed by atoms with Gasteiger partial charge in [-0.2, -0.15) is 0 Å². The standard InChI is InChI=1S/C13H9F2NO/c1-8-5-6-16-11(7-8)13(17)12-9(14)3-2-4-10(12)15/h2-7H,1H3. The molecule has 2 nitrogen and oxygen atoms in total. The van der Waals surface area contributed by atoms with E-state index in [1.165, 1.54) is 18.3 Å². The lowest BCUT2D eigenvalue weighted by atomic mass is 10.1. The van der Waals surface area contributed by atoms with E-state index in [1.54, 1.807) is 13.0 Å². The van der Waals surface area contributed by atoms with Gasteiger partial charge < -0.3 is 0 Å². The lowest BCUT2D eigenvalue weighted by molar-refractivity contribution is 0.102. The monoisotopic (exact) mass is 233 g/mol. The maximum atomic E-state index is 13.4. The van der Waals surface area contributed by atoms with Crippen LogP contribution in [-0.4, -0.2) is 10.8 Å². The second-order valence-corrected chi connectivity index (χ2v) is 3.64. The van der Waals surface area contributed by atoms with E-state index in [9.17, 15) is 13.6 Å². The Labute approximate surface area is 96.9 Å². The van der Waals surface area contributed by atoms with Crippen LogP contribution < -0.4 is 0 Å². The lowest BCUT2D eigenvalue weighted by Crippen LogP contribution is -2.09. The predicted octanol–water partition coefficient (Wildman–Crippen LogP) is 2.90. The fourth-order valence-electron chi connectivity index (χ4n) is 1.50. The lowest BCUT2D eigenvalue weighted by Gasteiger charge is -2.03. The second kappa shape index (κ2) is 4.41. The average molecular weight is 233 g/mol. The first-order chi connectivity index (χ1) is 8.09. The molecule has 1 heterocycles. The maximum absolute atomic E-state index is 13.4. The number of ketones is 1. The van der Waals surface area contributed by atoms with Crippen molar-refractivity contribution < 1.29 is 13.6 Å². The summed E-state index contributed by atoms with van der Waals surface area (Å²) < 4.78 is 26.8. The molecule has 0 bridgehead atoms. The molecule has 0 saturated heterocycles. The summed E-state index contributed by atoms with van der Waals surface area (Å²) in [6.45, 7) is 1.77. The molecule has 0 atom stereocenters. The van der Waals surface area contributed by atoms with Gasteiger partial charge in [-0.25, -0.2) is 8.78 Å². The van der Waals surface area contributed by atoms with Gasteiger partial charge in [0.05, 0.1) is 5.56 Å². The highest BCUT2D eigenvalue weighted by Gasteiger charge is 2.19. The van der Waals surface area contributed by atoms with E-state index >= 15 is 0 Å². The third kappa shape index (κ3) is 2.20. The molecule has 0 aliphatic carbocycles. The summed E-state index contributed by atoms with van der Waals surface area (Å²) in [6, 6.07) is 6.51. The molecule has 0 aliphatic rings. The topological polar surface area (TPSA) is 30.0 Å². The average Bonchev–Trinajstić information content (AvgIpc) is 2.28. The summed E-state index contributed by atoms with van der Waals surface area (Å²) in [5.74, 6) is -2.50. The maximum Gasteiger partial charge on any atom is 0.217 e. The van der Waals surface area contributed by atoms with Gasteiger partial charge in [-0.05, 0) is 36.8 Å². The highest BCUT2D eigenvalue weighted by Crippen LogP contribution is 2.16. The molecule has 0 spiro atoms. The zero-order valence-electron chi connectivity index (χ0n) is 9.08. The number of carbonyl (C=O) groups is 1. The van der Waals surface area contributed by atoms with Crippen molar-refractivity contribution in [2.75, 3.05) is 0 Å². The third-order valence-electron chi connectivity index (χ3n) is 2.34. The second-order valence-electron chi connectivity index (χ2n) is 3.64. The first-order valence-corrected chi connectivity index (χ1v) is 5.01. The van der Waals surface area contributed by atoms with Crippen molar-refractivity contribution in [1.82, 2.24) is 4.98 Å². The highest BCUT2D eigenvalue weighted by molar-refractivity contribution is 6.08. The Bertz CT molecular complexity index is 561. The molecular weight excluding hydrogens is 224 g/mol. The van der Waals surface area contributed by atoms with E-state index in [0.717, 1.165) is 17.7 Å². The predicted molar refractivity (Wildman–Crippen MR) is 58.8 cm³/mol. The number of rotatable bonds is 2. The quantitative estimate of drug-likeness (QED) is 0.746. The van der Waals surface area contributed by atoms with Gasteiger partial charge in [0, 0.05) is 6.20 Å². The number of benzene rings is 1. The van der Waals surface area contributed by atoms with E-state index < -0.39 is 23.0 Å². The number of halogens is 2. The summed E-state index contributed by atoms with van der Waals surface area (Å²) in [5, 5.41) is 0. The summed E-state index contributed by atoms with van der Waals surface area (Å²) in [5.41, 5.74) is 0.277. The fourth-order valence-corrected chi connectivity index (χ4v) is 1.50. The van der Waals surface area contributed by atoms with Gasteiger partial charge in [0.15, 0.2) is 0 Å².